The second-order valence-corrected chi connectivity index (χ2v) is 7.02. The Morgan fingerprint density at radius 1 is 0.833 bits per heavy atom. The minimum atomic E-state index is 0.00352. The standard InChI is InChI=1S/C22H42O2/c1-4-7-9-10-11-12-13-14-15-16-17-19-22(23)24-20-21(6-3)18-8-5-2/h10-11,21H,4-9,12-20H2,1-3H3/b11-10-. The van der Waals surface area contributed by atoms with Crippen LogP contribution in [0.5, 0.6) is 0 Å². The number of hydrogen-bond donors (Lipinski definition) is 0. The molecule has 2 heteroatoms. The molecule has 0 spiro atoms. The zero-order valence-electron chi connectivity index (χ0n) is 16.7. The first-order valence-corrected chi connectivity index (χ1v) is 10.5. The molecule has 0 heterocycles. The molecule has 0 aliphatic carbocycles. The lowest BCUT2D eigenvalue weighted by atomic mass is 10.0. The topological polar surface area (TPSA) is 26.3 Å². The third-order valence-electron chi connectivity index (χ3n) is 4.67. The predicted molar refractivity (Wildman–Crippen MR) is 105 cm³/mol. The summed E-state index contributed by atoms with van der Waals surface area (Å²) in [5.74, 6) is 0.558. The predicted octanol–water partition coefficient (Wildman–Crippen LogP) is 7.22. The highest BCUT2D eigenvalue weighted by Gasteiger charge is 2.09. The van der Waals surface area contributed by atoms with Gasteiger partial charge in [0, 0.05) is 6.42 Å². The highest BCUT2D eigenvalue weighted by molar-refractivity contribution is 5.69. The van der Waals surface area contributed by atoms with Crippen LogP contribution in [0.15, 0.2) is 12.2 Å². The van der Waals surface area contributed by atoms with Gasteiger partial charge in [0.05, 0.1) is 6.61 Å². The number of carbonyl (C=O) groups excluding carboxylic acids is 1. The summed E-state index contributed by atoms with van der Waals surface area (Å²) in [6.07, 6.45) is 21.0. The maximum atomic E-state index is 11.8. The highest BCUT2D eigenvalue weighted by atomic mass is 16.5. The first-order chi connectivity index (χ1) is 11.7. The number of ether oxygens (including phenoxy) is 1. The molecule has 24 heavy (non-hydrogen) atoms. The van der Waals surface area contributed by atoms with E-state index in [0.717, 1.165) is 19.3 Å². The van der Waals surface area contributed by atoms with Crippen molar-refractivity contribution in [1.82, 2.24) is 0 Å². The second-order valence-electron chi connectivity index (χ2n) is 7.02. The van der Waals surface area contributed by atoms with Crippen molar-refractivity contribution in [2.24, 2.45) is 5.92 Å². The Morgan fingerprint density at radius 2 is 1.46 bits per heavy atom. The van der Waals surface area contributed by atoms with Crippen LogP contribution < -0.4 is 0 Å². The van der Waals surface area contributed by atoms with Crippen molar-refractivity contribution < 1.29 is 9.53 Å². The molecular weight excluding hydrogens is 296 g/mol. The quantitative estimate of drug-likeness (QED) is 0.159. The second kappa shape index (κ2) is 18.5. The van der Waals surface area contributed by atoms with Crippen LogP contribution in [0, 0.1) is 5.92 Å². The van der Waals surface area contributed by atoms with Gasteiger partial charge in [0.2, 0.25) is 0 Å². The van der Waals surface area contributed by atoms with Crippen LogP contribution in [0.3, 0.4) is 0 Å². The first kappa shape index (κ1) is 23.2. The maximum Gasteiger partial charge on any atom is 0.305 e. The summed E-state index contributed by atoms with van der Waals surface area (Å²) >= 11 is 0. The molecule has 0 aromatic rings. The summed E-state index contributed by atoms with van der Waals surface area (Å²) in [6.45, 7) is 7.26. The van der Waals surface area contributed by atoms with Gasteiger partial charge >= 0.3 is 5.97 Å². The van der Waals surface area contributed by atoms with E-state index < -0.39 is 0 Å². The van der Waals surface area contributed by atoms with Gasteiger partial charge in [-0.05, 0) is 38.0 Å². The largest absolute Gasteiger partial charge is 0.465 e. The van der Waals surface area contributed by atoms with E-state index in [9.17, 15) is 4.79 Å². The van der Waals surface area contributed by atoms with E-state index in [0.29, 0.717) is 18.9 Å². The number of carbonyl (C=O) groups is 1. The molecule has 1 unspecified atom stereocenters. The Balaban J connectivity index is 3.41. The molecule has 0 aliphatic rings. The molecule has 0 aromatic carbocycles. The normalized spacial score (nSPS) is 12.6. The fourth-order valence-corrected chi connectivity index (χ4v) is 2.80. The Labute approximate surface area is 151 Å². The number of esters is 1. The van der Waals surface area contributed by atoms with Gasteiger partial charge in [0.15, 0.2) is 0 Å². The highest BCUT2D eigenvalue weighted by Crippen LogP contribution is 2.14. The van der Waals surface area contributed by atoms with Gasteiger partial charge in [0.25, 0.3) is 0 Å². The van der Waals surface area contributed by atoms with E-state index in [2.05, 4.69) is 32.9 Å². The number of hydrogen-bond acceptors (Lipinski definition) is 2. The smallest absolute Gasteiger partial charge is 0.305 e. The lowest BCUT2D eigenvalue weighted by molar-refractivity contribution is -0.145. The lowest BCUT2D eigenvalue weighted by Crippen LogP contribution is -2.13. The van der Waals surface area contributed by atoms with Crippen molar-refractivity contribution in [3.05, 3.63) is 12.2 Å². The Kier molecular flexibility index (Phi) is 17.9. The summed E-state index contributed by atoms with van der Waals surface area (Å²) in [4.78, 5) is 11.8. The van der Waals surface area contributed by atoms with Gasteiger partial charge in [-0.2, -0.15) is 0 Å². The van der Waals surface area contributed by atoms with Gasteiger partial charge < -0.3 is 4.74 Å². The van der Waals surface area contributed by atoms with Crippen LogP contribution in [0.4, 0.5) is 0 Å². The van der Waals surface area contributed by atoms with E-state index >= 15 is 0 Å². The maximum absolute atomic E-state index is 11.8. The Morgan fingerprint density at radius 3 is 2.12 bits per heavy atom. The monoisotopic (exact) mass is 338 g/mol. The Hall–Kier alpha value is -0.790. The minimum Gasteiger partial charge on any atom is -0.465 e. The number of rotatable bonds is 17. The fraction of sp³-hybridized carbons (Fsp3) is 0.864. The van der Waals surface area contributed by atoms with Crippen LogP contribution in [-0.4, -0.2) is 12.6 Å². The zero-order valence-corrected chi connectivity index (χ0v) is 16.7. The van der Waals surface area contributed by atoms with Gasteiger partial charge in [0.1, 0.15) is 0 Å². The Bertz CT molecular complexity index is 296. The molecule has 0 saturated heterocycles. The average molecular weight is 339 g/mol. The minimum absolute atomic E-state index is 0.00352. The van der Waals surface area contributed by atoms with Gasteiger partial charge in [-0.3, -0.25) is 4.79 Å². The summed E-state index contributed by atoms with van der Waals surface area (Å²) in [5, 5.41) is 0. The van der Waals surface area contributed by atoms with Crippen molar-refractivity contribution in [1.29, 1.82) is 0 Å². The van der Waals surface area contributed by atoms with Gasteiger partial charge in [-0.1, -0.05) is 84.3 Å². The molecule has 0 aromatic heterocycles. The molecule has 0 bridgehead atoms. The molecule has 0 aliphatic heterocycles. The van der Waals surface area contributed by atoms with Crippen LogP contribution in [0.2, 0.25) is 0 Å². The summed E-state index contributed by atoms with van der Waals surface area (Å²) in [6, 6.07) is 0. The third kappa shape index (κ3) is 16.1. The molecule has 0 radical (unpaired) electrons. The van der Waals surface area contributed by atoms with E-state index in [1.165, 1.54) is 64.2 Å². The fourth-order valence-electron chi connectivity index (χ4n) is 2.80. The van der Waals surface area contributed by atoms with Crippen molar-refractivity contribution in [3.63, 3.8) is 0 Å². The third-order valence-corrected chi connectivity index (χ3v) is 4.67. The molecule has 0 saturated carbocycles. The molecule has 0 amide bonds. The molecule has 0 rings (SSSR count). The van der Waals surface area contributed by atoms with Crippen LogP contribution in [0.1, 0.15) is 111 Å². The van der Waals surface area contributed by atoms with Gasteiger partial charge in [-0.25, -0.2) is 0 Å². The van der Waals surface area contributed by atoms with Crippen molar-refractivity contribution in [2.45, 2.75) is 111 Å². The lowest BCUT2D eigenvalue weighted by Gasteiger charge is -2.14. The van der Waals surface area contributed by atoms with Crippen LogP contribution in [0.25, 0.3) is 0 Å². The zero-order chi connectivity index (χ0) is 17.9. The van der Waals surface area contributed by atoms with Crippen LogP contribution in [-0.2, 0) is 9.53 Å². The van der Waals surface area contributed by atoms with E-state index in [4.69, 9.17) is 4.74 Å². The molecular formula is C22H42O2. The van der Waals surface area contributed by atoms with Crippen molar-refractivity contribution in [3.8, 4) is 0 Å². The number of unbranched alkanes of at least 4 members (excludes halogenated alkanes) is 8. The van der Waals surface area contributed by atoms with E-state index in [-0.39, 0.29) is 5.97 Å². The van der Waals surface area contributed by atoms with Gasteiger partial charge in [-0.15, -0.1) is 0 Å². The SMILES string of the molecule is CCCC/C=C\CCCCCCCC(=O)OCC(CC)CCCC. The number of allylic oxidation sites excluding steroid dienone is 2. The summed E-state index contributed by atoms with van der Waals surface area (Å²) in [7, 11) is 0. The van der Waals surface area contributed by atoms with E-state index in [1.54, 1.807) is 0 Å². The molecule has 142 valence electrons. The molecule has 1 atom stereocenters. The molecule has 0 fully saturated rings. The molecule has 0 N–H and O–H groups in total. The van der Waals surface area contributed by atoms with Crippen LogP contribution >= 0.6 is 0 Å². The molecule has 2 nitrogen and oxygen atoms in total. The summed E-state index contributed by atoms with van der Waals surface area (Å²) in [5.41, 5.74) is 0. The van der Waals surface area contributed by atoms with Crippen molar-refractivity contribution >= 4 is 5.97 Å². The summed E-state index contributed by atoms with van der Waals surface area (Å²) < 4.78 is 5.44. The first-order valence-electron chi connectivity index (χ1n) is 10.5. The van der Waals surface area contributed by atoms with Crippen molar-refractivity contribution in [2.75, 3.05) is 6.61 Å². The van der Waals surface area contributed by atoms with E-state index in [1.807, 2.05) is 0 Å². The average Bonchev–Trinajstić information content (AvgIpc) is 2.59.